The Balaban J connectivity index is 1.47. The van der Waals surface area contributed by atoms with Gasteiger partial charge in [0.15, 0.2) is 11.5 Å². The van der Waals surface area contributed by atoms with E-state index in [-0.39, 0.29) is 0 Å². The van der Waals surface area contributed by atoms with E-state index in [1.165, 1.54) is 11.3 Å². The Morgan fingerprint density at radius 3 is 2.72 bits per heavy atom. The predicted octanol–water partition coefficient (Wildman–Crippen LogP) is 3.25. The van der Waals surface area contributed by atoms with Crippen molar-refractivity contribution in [3.05, 3.63) is 41.4 Å². The summed E-state index contributed by atoms with van der Waals surface area (Å²) in [5.74, 6) is 0.870. The lowest BCUT2D eigenvalue weighted by molar-refractivity contribution is 0.0322. The molecule has 0 atom stereocenters. The van der Waals surface area contributed by atoms with Crippen molar-refractivity contribution >= 4 is 27.5 Å². The number of hydrogen-bond donors (Lipinski definition) is 0. The average molecular weight is 413 g/mol. The minimum atomic E-state index is -0.424. The number of hydrogen-bond acceptors (Lipinski definition) is 8. The van der Waals surface area contributed by atoms with Gasteiger partial charge in [0.2, 0.25) is 0 Å². The Morgan fingerprint density at radius 1 is 1.17 bits per heavy atom. The number of ether oxygens (including phenoxy) is 3. The van der Waals surface area contributed by atoms with Crippen LogP contribution in [-0.2, 0) is 9.47 Å². The Hall–Kier alpha value is -2.55. The summed E-state index contributed by atoms with van der Waals surface area (Å²) >= 11 is 1.44. The number of thiophene rings is 1. The quantitative estimate of drug-likeness (QED) is 0.551. The van der Waals surface area contributed by atoms with Gasteiger partial charge in [-0.25, -0.2) is 14.8 Å². The summed E-state index contributed by atoms with van der Waals surface area (Å²) < 4.78 is 17.1. The number of benzene rings is 1. The lowest BCUT2D eigenvalue weighted by Crippen LogP contribution is -2.38. The van der Waals surface area contributed by atoms with Gasteiger partial charge in [-0.05, 0) is 42.6 Å². The van der Waals surface area contributed by atoms with Gasteiger partial charge in [-0.15, -0.1) is 11.3 Å². The first-order valence-corrected chi connectivity index (χ1v) is 10.6. The van der Waals surface area contributed by atoms with Crippen molar-refractivity contribution in [2.45, 2.75) is 6.92 Å². The van der Waals surface area contributed by atoms with E-state index in [9.17, 15) is 4.79 Å². The molecule has 0 amide bonds. The fraction of sp³-hybridized carbons (Fsp3) is 0.381. The molecule has 152 valence electrons. The number of esters is 1. The van der Waals surface area contributed by atoms with Crippen molar-refractivity contribution in [3.63, 3.8) is 0 Å². The van der Waals surface area contributed by atoms with Gasteiger partial charge in [0.05, 0.1) is 30.0 Å². The number of rotatable bonds is 7. The molecule has 1 fully saturated rings. The molecule has 1 saturated heterocycles. The summed E-state index contributed by atoms with van der Waals surface area (Å²) in [4.78, 5) is 23.7. The fourth-order valence-corrected chi connectivity index (χ4v) is 3.96. The monoisotopic (exact) mass is 413 g/mol. The molecule has 2 aromatic heterocycles. The Labute approximate surface area is 173 Å². The molecule has 3 aromatic rings. The number of morpholine rings is 1. The van der Waals surface area contributed by atoms with E-state index in [1.54, 1.807) is 6.92 Å². The molecular formula is C21H23N3O4S. The number of aromatic nitrogens is 2. The van der Waals surface area contributed by atoms with Crippen LogP contribution in [0.5, 0.6) is 5.75 Å². The molecule has 1 aliphatic rings. The highest BCUT2D eigenvalue weighted by molar-refractivity contribution is 7.17. The highest BCUT2D eigenvalue weighted by atomic mass is 32.1. The number of carbonyl (C=O) groups excluding carboxylic acids is 1. The highest BCUT2D eigenvalue weighted by Gasteiger charge is 2.18. The number of nitrogens with zero attached hydrogens (tertiary/aromatic N) is 3. The summed E-state index contributed by atoms with van der Waals surface area (Å²) in [6.07, 6.45) is 0. The van der Waals surface area contributed by atoms with E-state index in [2.05, 4.69) is 14.9 Å². The molecule has 0 N–H and O–H groups in total. The number of fused-ring (bicyclic) bond motifs is 1. The first-order chi connectivity index (χ1) is 14.2. The Kier molecular flexibility index (Phi) is 6.33. The third-order valence-electron chi connectivity index (χ3n) is 4.66. The lowest BCUT2D eigenvalue weighted by Gasteiger charge is -2.26. The second kappa shape index (κ2) is 9.30. The summed E-state index contributed by atoms with van der Waals surface area (Å²) in [5.41, 5.74) is 1.88. The Morgan fingerprint density at radius 2 is 1.97 bits per heavy atom. The SMILES string of the molecule is CCOC(=O)c1nc(-c2ccc(OCCN3CCOCC3)cc2)nc2ccsc12. The van der Waals surface area contributed by atoms with Gasteiger partial charge in [0, 0.05) is 25.2 Å². The van der Waals surface area contributed by atoms with Gasteiger partial charge in [-0.3, -0.25) is 4.90 Å². The molecule has 0 saturated carbocycles. The first kappa shape index (κ1) is 19.8. The zero-order valence-corrected chi connectivity index (χ0v) is 17.1. The molecule has 8 heteroatoms. The maximum absolute atomic E-state index is 12.3. The van der Waals surface area contributed by atoms with Crippen LogP contribution in [0.25, 0.3) is 21.6 Å². The summed E-state index contributed by atoms with van der Waals surface area (Å²) in [6, 6.07) is 9.51. The molecule has 4 rings (SSSR count). The molecule has 3 heterocycles. The van der Waals surface area contributed by atoms with Gasteiger partial charge in [0.1, 0.15) is 12.4 Å². The molecule has 7 nitrogen and oxygen atoms in total. The van der Waals surface area contributed by atoms with Gasteiger partial charge < -0.3 is 14.2 Å². The van der Waals surface area contributed by atoms with Crippen LogP contribution in [-0.4, -0.2) is 66.9 Å². The van der Waals surface area contributed by atoms with Crippen LogP contribution in [0.1, 0.15) is 17.4 Å². The van der Waals surface area contributed by atoms with E-state index >= 15 is 0 Å². The molecule has 29 heavy (non-hydrogen) atoms. The van der Waals surface area contributed by atoms with E-state index < -0.39 is 5.97 Å². The molecule has 0 aliphatic carbocycles. The minimum absolute atomic E-state index is 0.307. The second-order valence-corrected chi connectivity index (χ2v) is 7.49. The topological polar surface area (TPSA) is 73.8 Å². The lowest BCUT2D eigenvalue weighted by atomic mass is 10.2. The van der Waals surface area contributed by atoms with Gasteiger partial charge in [0.25, 0.3) is 0 Å². The van der Waals surface area contributed by atoms with Crippen molar-refractivity contribution in [2.75, 3.05) is 46.1 Å². The average Bonchev–Trinajstić information content (AvgIpc) is 3.23. The zero-order valence-electron chi connectivity index (χ0n) is 16.3. The molecule has 1 aliphatic heterocycles. The van der Waals surface area contributed by atoms with Crippen LogP contribution in [0.4, 0.5) is 0 Å². The number of carbonyl (C=O) groups is 1. The normalized spacial score (nSPS) is 14.8. The molecular weight excluding hydrogens is 390 g/mol. The predicted molar refractivity (Wildman–Crippen MR) is 112 cm³/mol. The van der Waals surface area contributed by atoms with Crippen LogP contribution in [0.3, 0.4) is 0 Å². The van der Waals surface area contributed by atoms with Gasteiger partial charge in [-0.1, -0.05) is 0 Å². The minimum Gasteiger partial charge on any atom is -0.492 e. The van der Waals surface area contributed by atoms with Crippen molar-refractivity contribution in [1.29, 1.82) is 0 Å². The Bertz CT molecular complexity index is 968. The summed E-state index contributed by atoms with van der Waals surface area (Å²) in [6.45, 7) is 7.08. The maximum atomic E-state index is 12.3. The summed E-state index contributed by atoms with van der Waals surface area (Å²) in [5, 5.41) is 1.90. The zero-order chi connectivity index (χ0) is 20.1. The first-order valence-electron chi connectivity index (χ1n) is 9.70. The smallest absolute Gasteiger partial charge is 0.358 e. The van der Waals surface area contributed by atoms with Crippen molar-refractivity contribution in [2.24, 2.45) is 0 Å². The van der Waals surface area contributed by atoms with Crippen LogP contribution in [0, 0.1) is 0 Å². The standard InChI is InChI=1S/C21H23N3O4S/c1-2-27-21(25)18-19-17(7-14-29-19)22-20(23-18)15-3-5-16(6-4-15)28-13-10-24-8-11-26-12-9-24/h3-7,14H,2,8-13H2,1H3. The second-order valence-electron chi connectivity index (χ2n) is 6.58. The molecule has 0 unspecified atom stereocenters. The van der Waals surface area contributed by atoms with Crippen molar-refractivity contribution in [1.82, 2.24) is 14.9 Å². The fourth-order valence-electron chi connectivity index (χ4n) is 3.15. The van der Waals surface area contributed by atoms with E-state index in [0.29, 0.717) is 24.7 Å². The van der Waals surface area contributed by atoms with Crippen molar-refractivity contribution < 1.29 is 19.0 Å². The molecule has 1 aromatic carbocycles. The van der Waals surface area contributed by atoms with E-state index in [0.717, 1.165) is 54.4 Å². The molecule has 0 spiro atoms. The van der Waals surface area contributed by atoms with Gasteiger partial charge in [-0.2, -0.15) is 0 Å². The van der Waals surface area contributed by atoms with Crippen LogP contribution < -0.4 is 4.74 Å². The van der Waals surface area contributed by atoms with Crippen LogP contribution >= 0.6 is 11.3 Å². The van der Waals surface area contributed by atoms with Gasteiger partial charge >= 0.3 is 5.97 Å². The maximum Gasteiger partial charge on any atom is 0.358 e. The third kappa shape index (κ3) is 4.72. The van der Waals surface area contributed by atoms with E-state index in [1.807, 2.05) is 35.7 Å². The van der Waals surface area contributed by atoms with Crippen molar-refractivity contribution in [3.8, 4) is 17.1 Å². The third-order valence-corrected chi connectivity index (χ3v) is 5.58. The molecule has 0 radical (unpaired) electrons. The highest BCUT2D eigenvalue weighted by Crippen LogP contribution is 2.27. The summed E-state index contributed by atoms with van der Waals surface area (Å²) in [7, 11) is 0. The van der Waals surface area contributed by atoms with Crippen LogP contribution in [0.2, 0.25) is 0 Å². The van der Waals surface area contributed by atoms with E-state index in [4.69, 9.17) is 14.2 Å². The van der Waals surface area contributed by atoms with Crippen LogP contribution in [0.15, 0.2) is 35.7 Å². The molecule has 0 bridgehead atoms. The largest absolute Gasteiger partial charge is 0.492 e.